The average Bonchev–Trinajstić information content (AvgIpc) is 2.46. The Bertz CT molecular complexity index is 614. The predicted molar refractivity (Wildman–Crippen MR) is 73.7 cm³/mol. The standard InChI is InChI=1S/C13H14N4O3/c1-9-3-4-10(7-14-9)8-15-13-11(17(18)19)5-6-12(16-13)20-2/h3-7H,8H2,1-2H3,(H,15,16). The molecule has 0 aliphatic heterocycles. The average molecular weight is 274 g/mol. The monoisotopic (exact) mass is 274 g/mol. The molecule has 0 saturated heterocycles. The number of nitrogens with one attached hydrogen (secondary N) is 1. The molecule has 0 aliphatic rings. The molecule has 0 saturated carbocycles. The number of pyridine rings is 2. The Morgan fingerprint density at radius 3 is 2.75 bits per heavy atom. The number of hydrogen-bond acceptors (Lipinski definition) is 6. The summed E-state index contributed by atoms with van der Waals surface area (Å²) in [5.41, 5.74) is 1.74. The maximum atomic E-state index is 10.9. The van der Waals surface area contributed by atoms with E-state index >= 15 is 0 Å². The van der Waals surface area contributed by atoms with Gasteiger partial charge in [-0.3, -0.25) is 15.1 Å². The number of nitro groups is 1. The molecule has 20 heavy (non-hydrogen) atoms. The van der Waals surface area contributed by atoms with Gasteiger partial charge in [-0.1, -0.05) is 6.07 Å². The van der Waals surface area contributed by atoms with Crippen LogP contribution in [0.1, 0.15) is 11.3 Å². The number of rotatable bonds is 5. The van der Waals surface area contributed by atoms with Gasteiger partial charge in [-0.2, -0.15) is 4.98 Å². The maximum Gasteiger partial charge on any atom is 0.311 e. The number of hydrogen-bond donors (Lipinski definition) is 1. The van der Waals surface area contributed by atoms with Crippen LogP contribution in [0.2, 0.25) is 0 Å². The van der Waals surface area contributed by atoms with Crippen LogP contribution in [0.15, 0.2) is 30.5 Å². The van der Waals surface area contributed by atoms with E-state index in [2.05, 4.69) is 15.3 Å². The molecule has 0 unspecified atom stereocenters. The zero-order valence-electron chi connectivity index (χ0n) is 11.2. The maximum absolute atomic E-state index is 10.9. The second-order valence-corrected chi connectivity index (χ2v) is 4.14. The number of aromatic nitrogens is 2. The first-order valence-corrected chi connectivity index (χ1v) is 5.95. The lowest BCUT2D eigenvalue weighted by molar-refractivity contribution is -0.384. The van der Waals surface area contributed by atoms with Gasteiger partial charge in [0.05, 0.1) is 12.0 Å². The lowest BCUT2D eigenvalue weighted by Gasteiger charge is -2.07. The summed E-state index contributed by atoms with van der Waals surface area (Å²) in [6, 6.07) is 6.60. The van der Waals surface area contributed by atoms with E-state index < -0.39 is 4.92 Å². The van der Waals surface area contributed by atoms with Crippen LogP contribution in [-0.4, -0.2) is 22.0 Å². The summed E-state index contributed by atoms with van der Waals surface area (Å²) in [4.78, 5) is 18.7. The Hall–Kier alpha value is -2.70. The zero-order chi connectivity index (χ0) is 14.5. The molecule has 2 aromatic rings. The molecule has 0 bridgehead atoms. The van der Waals surface area contributed by atoms with E-state index in [-0.39, 0.29) is 11.5 Å². The zero-order valence-corrected chi connectivity index (χ0v) is 11.2. The molecule has 1 N–H and O–H groups in total. The first-order valence-electron chi connectivity index (χ1n) is 5.95. The van der Waals surface area contributed by atoms with Gasteiger partial charge in [-0.15, -0.1) is 0 Å². The van der Waals surface area contributed by atoms with Gasteiger partial charge >= 0.3 is 5.69 Å². The number of anilines is 1. The highest BCUT2D eigenvalue weighted by atomic mass is 16.6. The minimum Gasteiger partial charge on any atom is -0.481 e. The SMILES string of the molecule is COc1ccc([N+](=O)[O-])c(NCc2ccc(C)nc2)n1. The highest BCUT2D eigenvalue weighted by Crippen LogP contribution is 2.25. The molecule has 0 atom stereocenters. The molecule has 7 heteroatoms. The normalized spacial score (nSPS) is 10.1. The van der Waals surface area contributed by atoms with Crippen molar-refractivity contribution < 1.29 is 9.66 Å². The van der Waals surface area contributed by atoms with E-state index in [1.54, 1.807) is 6.20 Å². The van der Waals surface area contributed by atoms with Crippen LogP contribution in [-0.2, 0) is 6.54 Å². The van der Waals surface area contributed by atoms with Crippen molar-refractivity contribution in [3.05, 3.63) is 51.8 Å². The Kier molecular flexibility index (Phi) is 4.09. The van der Waals surface area contributed by atoms with Crippen LogP contribution >= 0.6 is 0 Å². The molecule has 0 spiro atoms. The molecule has 0 fully saturated rings. The van der Waals surface area contributed by atoms with Crippen molar-refractivity contribution in [2.75, 3.05) is 12.4 Å². The molecule has 0 aromatic carbocycles. The van der Waals surface area contributed by atoms with Crippen molar-refractivity contribution in [2.24, 2.45) is 0 Å². The number of nitrogens with zero attached hydrogens (tertiary/aromatic N) is 3. The van der Waals surface area contributed by atoms with Gasteiger partial charge in [0, 0.05) is 30.6 Å². The molecular weight excluding hydrogens is 260 g/mol. The van der Waals surface area contributed by atoms with Crippen LogP contribution in [0.5, 0.6) is 5.88 Å². The first-order chi connectivity index (χ1) is 9.60. The van der Waals surface area contributed by atoms with Crippen molar-refractivity contribution >= 4 is 11.5 Å². The number of aryl methyl sites for hydroxylation is 1. The van der Waals surface area contributed by atoms with E-state index in [0.29, 0.717) is 12.4 Å². The summed E-state index contributed by atoms with van der Waals surface area (Å²) < 4.78 is 4.97. The van der Waals surface area contributed by atoms with Crippen LogP contribution < -0.4 is 10.1 Å². The van der Waals surface area contributed by atoms with E-state index in [1.165, 1.54) is 19.2 Å². The number of methoxy groups -OCH3 is 1. The van der Waals surface area contributed by atoms with Crippen LogP contribution in [0.3, 0.4) is 0 Å². The highest BCUT2D eigenvalue weighted by Gasteiger charge is 2.16. The molecule has 0 amide bonds. The third-order valence-electron chi connectivity index (χ3n) is 2.69. The van der Waals surface area contributed by atoms with Gasteiger partial charge in [0.15, 0.2) is 0 Å². The smallest absolute Gasteiger partial charge is 0.311 e. The minimum absolute atomic E-state index is 0.0918. The van der Waals surface area contributed by atoms with Crippen molar-refractivity contribution in [1.29, 1.82) is 0 Å². The Morgan fingerprint density at radius 1 is 1.35 bits per heavy atom. The topological polar surface area (TPSA) is 90.2 Å². The quantitative estimate of drug-likeness (QED) is 0.664. The summed E-state index contributed by atoms with van der Waals surface area (Å²) in [6.07, 6.45) is 1.72. The first kappa shape index (κ1) is 13.7. The van der Waals surface area contributed by atoms with E-state index in [0.717, 1.165) is 11.3 Å². The Labute approximate surface area is 115 Å². The summed E-state index contributed by atoms with van der Waals surface area (Å²) in [5.74, 6) is 0.495. The van der Waals surface area contributed by atoms with E-state index in [4.69, 9.17) is 4.74 Å². The predicted octanol–water partition coefficient (Wildman–Crippen LogP) is 2.31. The molecule has 2 rings (SSSR count). The van der Waals surface area contributed by atoms with Gasteiger partial charge in [0.1, 0.15) is 0 Å². The van der Waals surface area contributed by atoms with E-state index in [1.807, 2.05) is 19.1 Å². The molecule has 2 aromatic heterocycles. The van der Waals surface area contributed by atoms with Crippen LogP contribution in [0.25, 0.3) is 0 Å². The van der Waals surface area contributed by atoms with Crippen LogP contribution in [0, 0.1) is 17.0 Å². The fraction of sp³-hybridized carbons (Fsp3) is 0.231. The fourth-order valence-corrected chi connectivity index (χ4v) is 1.61. The van der Waals surface area contributed by atoms with E-state index in [9.17, 15) is 10.1 Å². The fourth-order valence-electron chi connectivity index (χ4n) is 1.61. The van der Waals surface area contributed by atoms with Crippen molar-refractivity contribution in [3.63, 3.8) is 0 Å². The summed E-state index contributed by atoms with van der Waals surface area (Å²) in [6.45, 7) is 2.29. The Morgan fingerprint density at radius 2 is 2.15 bits per heavy atom. The molecule has 104 valence electrons. The second-order valence-electron chi connectivity index (χ2n) is 4.14. The van der Waals surface area contributed by atoms with Gasteiger partial charge in [0.25, 0.3) is 0 Å². The molecule has 2 heterocycles. The van der Waals surface area contributed by atoms with Crippen molar-refractivity contribution in [2.45, 2.75) is 13.5 Å². The van der Waals surface area contributed by atoms with Gasteiger partial charge in [-0.05, 0) is 18.6 Å². The molecule has 7 nitrogen and oxygen atoms in total. The Balaban J connectivity index is 2.18. The molecular formula is C13H14N4O3. The summed E-state index contributed by atoms with van der Waals surface area (Å²) in [7, 11) is 1.46. The highest BCUT2D eigenvalue weighted by molar-refractivity contribution is 5.57. The molecule has 0 radical (unpaired) electrons. The second kappa shape index (κ2) is 5.96. The lowest BCUT2D eigenvalue weighted by atomic mass is 10.2. The van der Waals surface area contributed by atoms with Crippen LogP contribution in [0.4, 0.5) is 11.5 Å². The third kappa shape index (κ3) is 3.19. The van der Waals surface area contributed by atoms with Gasteiger partial charge in [0.2, 0.25) is 11.7 Å². The lowest BCUT2D eigenvalue weighted by Crippen LogP contribution is -2.05. The number of ether oxygens (including phenoxy) is 1. The largest absolute Gasteiger partial charge is 0.481 e. The minimum atomic E-state index is -0.484. The van der Waals surface area contributed by atoms with Gasteiger partial charge in [-0.25, -0.2) is 0 Å². The summed E-state index contributed by atoms with van der Waals surface area (Å²) >= 11 is 0. The third-order valence-corrected chi connectivity index (χ3v) is 2.69. The van der Waals surface area contributed by atoms with Crippen molar-refractivity contribution in [3.8, 4) is 5.88 Å². The molecule has 0 aliphatic carbocycles. The summed E-state index contributed by atoms with van der Waals surface area (Å²) in [5, 5.41) is 13.9. The van der Waals surface area contributed by atoms with Crippen molar-refractivity contribution in [1.82, 2.24) is 9.97 Å². The van der Waals surface area contributed by atoms with Gasteiger partial charge < -0.3 is 10.1 Å².